The van der Waals surface area contributed by atoms with Gasteiger partial charge in [-0.15, -0.1) is 22.7 Å². The molecule has 2 unspecified atom stereocenters. The molecule has 0 radical (unpaired) electrons. The van der Waals surface area contributed by atoms with Crippen LogP contribution in [0, 0.1) is 0 Å². The first kappa shape index (κ1) is 45.2. The average molecular weight is 917 g/mol. The molecule has 4 aromatic carbocycles. The van der Waals surface area contributed by atoms with Crippen molar-refractivity contribution in [1.82, 2.24) is 30.4 Å². The molecule has 0 saturated heterocycles. The molecule has 0 spiro atoms. The molecule has 12 nitrogen and oxygen atoms in total. The molecule has 0 bridgehead atoms. The van der Waals surface area contributed by atoms with Crippen molar-refractivity contribution in [2.75, 3.05) is 13.1 Å². The zero-order chi connectivity index (χ0) is 45.8. The number of aromatic nitrogens is 2. The molecule has 8 aromatic rings. The molecule has 334 valence electrons. The largest absolute Gasteiger partial charge is 0.459 e. The highest BCUT2D eigenvalue weighted by Gasteiger charge is 2.31. The van der Waals surface area contributed by atoms with Crippen LogP contribution in [-0.2, 0) is 22.7 Å². The van der Waals surface area contributed by atoms with Crippen LogP contribution >= 0.6 is 22.7 Å². The van der Waals surface area contributed by atoms with E-state index in [-0.39, 0.29) is 23.3 Å². The van der Waals surface area contributed by atoms with E-state index >= 15 is 0 Å². The lowest BCUT2D eigenvalue weighted by molar-refractivity contribution is -0.134. The molecule has 0 aliphatic carbocycles. The Bertz CT molecular complexity index is 2630. The van der Waals surface area contributed by atoms with Gasteiger partial charge >= 0.3 is 0 Å². The summed E-state index contributed by atoms with van der Waals surface area (Å²) in [6.45, 7) is 5.64. The zero-order valence-corrected chi connectivity index (χ0v) is 38.1. The number of nitrogens with one attached hydrogen (secondary N) is 2. The monoisotopic (exact) mass is 916 g/mol. The van der Waals surface area contributed by atoms with E-state index in [0.29, 0.717) is 37.3 Å². The van der Waals surface area contributed by atoms with Crippen LogP contribution < -0.4 is 10.6 Å². The van der Waals surface area contributed by atoms with E-state index in [1.807, 2.05) is 86.9 Å². The van der Waals surface area contributed by atoms with Crippen LogP contribution in [0.25, 0.3) is 32.0 Å². The van der Waals surface area contributed by atoms with Crippen LogP contribution in [0.2, 0.25) is 0 Å². The number of thiazole rings is 2. The first-order valence-electron chi connectivity index (χ1n) is 21.7. The maximum atomic E-state index is 14.1. The maximum absolute atomic E-state index is 14.1. The first-order chi connectivity index (χ1) is 32.3. The molecule has 4 aromatic heterocycles. The first-order valence-corrected chi connectivity index (χ1v) is 23.4. The van der Waals surface area contributed by atoms with Gasteiger partial charge in [0, 0.05) is 25.5 Å². The second kappa shape index (κ2) is 21.5. The minimum Gasteiger partial charge on any atom is -0.459 e. The number of nitrogens with zero attached hydrogens (tertiary/aromatic N) is 4. The quantitative estimate of drug-likeness (QED) is 0.0814. The van der Waals surface area contributed by atoms with E-state index in [1.54, 1.807) is 34.1 Å². The van der Waals surface area contributed by atoms with Crippen molar-refractivity contribution in [2.24, 2.45) is 0 Å². The Labute approximate surface area is 391 Å². The van der Waals surface area contributed by atoms with E-state index in [9.17, 15) is 19.2 Å². The van der Waals surface area contributed by atoms with Crippen LogP contribution in [0.3, 0.4) is 0 Å². The second-order valence-corrected chi connectivity index (χ2v) is 17.7. The van der Waals surface area contributed by atoms with Crippen molar-refractivity contribution in [3.63, 3.8) is 0 Å². The average Bonchev–Trinajstić information content (AvgIpc) is 4.22. The summed E-state index contributed by atoms with van der Waals surface area (Å²) >= 11 is 3.07. The molecule has 0 saturated carbocycles. The van der Waals surface area contributed by atoms with Crippen LogP contribution in [0.15, 0.2) is 167 Å². The summed E-state index contributed by atoms with van der Waals surface area (Å²) in [7, 11) is 0. The molecule has 14 heteroatoms. The Balaban J connectivity index is 0.911. The predicted molar refractivity (Wildman–Crippen MR) is 256 cm³/mol. The smallest absolute Gasteiger partial charge is 0.287 e. The van der Waals surface area contributed by atoms with Gasteiger partial charge in [-0.1, -0.05) is 123 Å². The summed E-state index contributed by atoms with van der Waals surface area (Å²) in [6.07, 6.45) is 8.01. The van der Waals surface area contributed by atoms with Gasteiger partial charge in [-0.05, 0) is 70.5 Å². The van der Waals surface area contributed by atoms with Crippen molar-refractivity contribution in [3.05, 3.63) is 191 Å². The van der Waals surface area contributed by atoms with E-state index in [0.717, 1.165) is 54.9 Å². The van der Waals surface area contributed by atoms with Gasteiger partial charge in [0.15, 0.2) is 11.5 Å². The fourth-order valence-corrected chi connectivity index (χ4v) is 9.42. The number of amides is 4. The summed E-state index contributed by atoms with van der Waals surface area (Å²) in [5.41, 5.74) is 5.51. The van der Waals surface area contributed by atoms with E-state index in [2.05, 4.69) is 59.2 Å². The van der Waals surface area contributed by atoms with Crippen molar-refractivity contribution in [3.8, 4) is 32.0 Å². The van der Waals surface area contributed by atoms with Crippen LogP contribution in [0.4, 0.5) is 0 Å². The van der Waals surface area contributed by atoms with Crippen molar-refractivity contribution < 1.29 is 28.0 Å². The normalized spacial score (nSPS) is 12.0. The van der Waals surface area contributed by atoms with E-state index in [4.69, 9.17) is 18.8 Å². The fraction of sp³-hybridized carbons (Fsp3) is 0.192. The number of furan rings is 2. The van der Waals surface area contributed by atoms with E-state index in [1.165, 1.54) is 35.2 Å². The predicted octanol–water partition coefficient (Wildman–Crippen LogP) is 10.6. The maximum Gasteiger partial charge on any atom is 0.287 e. The van der Waals surface area contributed by atoms with Gasteiger partial charge in [-0.2, -0.15) is 0 Å². The fourth-order valence-electron chi connectivity index (χ4n) is 7.54. The summed E-state index contributed by atoms with van der Waals surface area (Å²) in [5.74, 6) is -1.10. The number of hydrogen-bond donors (Lipinski definition) is 2. The lowest BCUT2D eigenvalue weighted by atomic mass is 10.0. The third-order valence-electron chi connectivity index (χ3n) is 10.8. The highest BCUT2D eigenvalue weighted by molar-refractivity contribution is 7.15. The molecule has 0 aliphatic heterocycles. The summed E-state index contributed by atoms with van der Waals surface area (Å²) in [6, 6.07) is 39.7. The van der Waals surface area contributed by atoms with E-state index < -0.39 is 23.9 Å². The third-order valence-corrected chi connectivity index (χ3v) is 12.9. The van der Waals surface area contributed by atoms with Gasteiger partial charge in [0.25, 0.3) is 11.8 Å². The third kappa shape index (κ3) is 10.9. The Morgan fingerprint density at radius 2 is 0.894 bits per heavy atom. The molecular formula is C52H48N6O6S2. The van der Waals surface area contributed by atoms with Crippen LogP contribution in [0.5, 0.6) is 0 Å². The molecule has 2 atom stereocenters. The molecule has 2 N–H and O–H groups in total. The Kier molecular flexibility index (Phi) is 14.7. The minimum absolute atomic E-state index is 0.136. The van der Waals surface area contributed by atoms with Crippen molar-refractivity contribution in [2.45, 2.75) is 51.9 Å². The lowest BCUT2D eigenvalue weighted by Gasteiger charge is -2.27. The number of benzene rings is 4. The standard InChI is InChI=1S/C52H48N6O6S2/c1-3-27-57(51(61)47(39-13-7-5-8-14-39)55-49(59)41-17-11-29-63-41)33-45-53-31-43(65-45)37-23-19-35(20-24-37)36-21-25-38(26-22-36)44-32-54-46(66-44)34-58(28-4-2)52(62)48(40-15-9-6-10-16-40)56-50(60)42-18-12-30-64-42/h5-26,29-32,47-48H,3-4,27-28,33-34H2,1-2H3,(H,55,59)(H,56,60). The van der Waals surface area contributed by atoms with Crippen LogP contribution in [0.1, 0.15) is 81.0 Å². The van der Waals surface area contributed by atoms with Gasteiger partial charge in [-0.25, -0.2) is 9.97 Å². The number of carbonyl (C=O) groups excluding carboxylic acids is 4. The minimum atomic E-state index is -0.898. The van der Waals surface area contributed by atoms with Gasteiger partial charge in [0.2, 0.25) is 11.8 Å². The molecule has 8 rings (SSSR count). The molecule has 66 heavy (non-hydrogen) atoms. The highest BCUT2D eigenvalue weighted by atomic mass is 32.1. The summed E-state index contributed by atoms with van der Waals surface area (Å²) < 4.78 is 10.6. The Morgan fingerprint density at radius 1 is 0.515 bits per heavy atom. The number of hydrogen-bond acceptors (Lipinski definition) is 10. The Morgan fingerprint density at radius 3 is 1.24 bits per heavy atom. The van der Waals surface area contributed by atoms with Crippen molar-refractivity contribution >= 4 is 46.3 Å². The lowest BCUT2D eigenvalue weighted by Crippen LogP contribution is -2.43. The van der Waals surface area contributed by atoms with Crippen molar-refractivity contribution in [1.29, 1.82) is 0 Å². The summed E-state index contributed by atoms with van der Waals surface area (Å²) in [4.78, 5) is 69.2. The SMILES string of the molecule is CCCN(Cc1ncc(-c2ccc(-c3ccc(-c4cnc(CN(CCC)C(=O)C(NC(=O)c5ccco5)c5ccccc5)s4)cc3)cc2)s1)C(=O)C(NC(=O)c1ccco1)c1ccccc1. The molecule has 4 heterocycles. The van der Waals surface area contributed by atoms with Gasteiger partial charge in [0.05, 0.1) is 35.4 Å². The van der Waals surface area contributed by atoms with Gasteiger partial charge < -0.3 is 29.3 Å². The van der Waals surface area contributed by atoms with Gasteiger partial charge in [0.1, 0.15) is 22.1 Å². The highest BCUT2D eigenvalue weighted by Crippen LogP contribution is 2.33. The topological polar surface area (TPSA) is 151 Å². The number of carbonyl (C=O) groups is 4. The second-order valence-electron chi connectivity index (χ2n) is 15.5. The molecule has 0 fully saturated rings. The van der Waals surface area contributed by atoms with Gasteiger partial charge in [-0.3, -0.25) is 19.2 Å². The number of rotatable bonds is 19. The summed E-state index contributed by atoms with van der Waals surface area (Å²) in [5, 5.41) is 7.35. The molecule has 0 aliphatic rings. The van der Waals surface area contributed by atoms with Crippen LogP contribution in [-0.4, -0.2) is 56.5 Å². The molecular weight excluding hydrogens is 869 g/mol. The zero-order valence-electron chi connectivity index (χ0n) is 36.5. The molecule has 4 amide bonds. The Hall–Kier alpha value is -7.42.